The lowest BCUT2D eigenvalue weighted by Gasteiger charge is -2.21. The molecule has 7 heteroatoms. The molecule has 1 atom stereocenters. The summed E-state index contributed by atoms with van der Waals surface area (Å²) in [4.78, 5) is 24.2. The number of carboxylic acid groups (broad SMARTS) is 1. The van der Waals surface area contributed by atoms with Gasteiger partial charge in [-0.3, -0.25) is 4.79 Å². The highest BCUT2D eigenvalue weighted by Gasteiger charge is 2.36. The highest BCUT2D eigenvalue weighted by Crippen LogP contribution is 2.41. The second kappa shape index (κ2) is 7.45. The highest BCUT2D eigenvalue weighted by atomic mass is 16.5. The molecule has 0 saturated carbocycles. The third-order valence-electron chi connectivity index (χ3n) is 5.59. The molecule has 7 nitrogen and oxygen atoms in total. The van der Waals surface area contributed by atoms with Gasteiger partial charge in [0.25, 0.3) is 0 Å². The van der Waals surface area contributed by atoms with E-state index in [1.165, 1.54) is 20.1 Å². The molecule has 1 heterocycles. The van der Waals surface area contributed by atoms with Crippen molar-refractivity contribution in [3.8, 4) is 5.75 Å². The first-order valence-electron chi connectivity index (χ1n) is 9.68. The molecule has 31 heavy (non-hydrogen) atoms. The van der Waals surface area contributed by atoms with Crippen LogP contribution in [-0.2, 0) is 16.9 Å². The minimum absolute atomic E-state index is 0.125. The summed E-state index contributed by atoms with van der Waals surface area (Å²) in [6, 6.07) is 18.2. The first-order valence-corrected chi connectivity index (χ1v) is 9.68. The van der Waals surface area contributed by atoms with Gasteiger partial charge >= 0.3 is 5.97 Å². The Bertz CT molecular complexity index is 1320. The van der Waals surface area contributed by atoms with Gasteiger partial charge in [-0.2, -0.15) is 0 Å². The van der Waals surface area contributed by atoms with Gasteiger partial charge in [0, 0.05) is 34.5 Å². The van der Waals surface area contributed by atoms with Gasteiger partial charge in [-0.05, 0) is 30.7 Å². The number of aliphatic carboxylic acids is 1. The number of nitrogens with zero attached hydrogens (tertiary/aromatic N) is 1. The summed E-state index contributed by atoms with van der Waals surface area (Å²) in [5, 5.41) is 21.6. The van der Waals surface area contributed by atoms with Crippen LogP contribution in [-0.4, -0.2) is 33.8 Å². The number of ether oxygens (including phenoxy) is 1. The molecular weight excluding hydrogens is 396 g/mol. The number of nitrogens with two attached hydrogens (primary N) is 1. The summed E-state index contributed by atoms with van der Waals surface area (Å²) in [6.07, 6.45) is 0. The number of hydrogen-bond acceptors (Lipinski definition) is 4. The largest absolute Gasteiger partial charge is 0.497 e. The van der Waals surface area contributed by atoms with E-state index in [1.54, 1.807) is 18.2 Å². The molecule has 0 aliphatic heterocycles. The van der Waals surface area contributed by atoms with Crippen molar-refractivity contribution in [2.75, 3.05) is 7.11 Å². The standard InChI is InChI=1S/C24H22N2O5/c1-24(30,23(28)29)17-11-15(31-2)12-19-21(17)20-16(22(25)27)9-6-10-18(20)26(19)13-14-7-4-3-5-8-14/h3-12,30H,13H2,1-2H3,(H2,25,27)(H,28,29). The zero-order chi connectivity index (χ0) is 22.3. The number of hydrogen-bond donors (Lipinski definition) is 3. The summed E-state index contributed by atoms with van der Waals surface area (Å²) in [5.74, 6) is -1.66. The molecule has 0 spiro atoms. The second-order valence-electron chi connectivity index (χ2n) is 7.58. The van der Waals surface area contributed by atoms with Crippen molar-refractivity contribution < 1.29 is 24.5 Å². The molecule has 1 unspecified atom stereocenters. The van der Waals surface area contributed by atoms with Crippen LogP contribution in [0.5, 0.6) is 5.75 Å². The van der Waals surface area contributed by atoms with Gasteiger partial charge in [-0.1, -0.05) is 36.4 Å². The summed E-state index contributed by atoms with van der Waals surface area (Å²) >= 11 is 0. The lowest BCUT2D eigenvalue weighted by Crippen LogP contribution is -2.32. The second-order valence-corrected chi connectivity index (χ2v) is 7.58. The molecule has 1 aromatic heterocycles. The Morgan fingerprint density at radius 3 is 2.35 bits per heavy atom. The molecule has 3 aromatic carbocycles. The van der Waals surface area contributed by atoms with Crippen molar-refractivity contribution in [1.82, 2.24) is 4.57 Å². The maximum Gasteiger partial charge on any atom is 0.340 e. The maximum absolute atomic E-state index is 12.3. The van der Waals surface area contributed by atoms with Crippen molar-refractivity contribution in [2.24, 2.45) is 5.73 Å². The summed E-state index contributed by atoms with van der Waals surface area (Å²) in [7, 11) is 1.47. The molecule has 0 aliphatic carbocycles. The van der Waals surface area contributed by atoms with Gasteiger partial charge in [0.05, 0.1) is 18.1 Å². The lowest BCUT2D eigenvalue weighted by molar-refractivity contribution is -0.157. The number of amides is 1. The molecule has 0 bridgehead atoms. The average molecular weight is 418 g/mol. The summed E-state index contributed by atoms with van der Waals surface area (Å²) in [6.45, 7) is 1.67. The number of benzene rings is 3. The van der Waals surface area contributed by atoms with Crippen molar-refractivity contribution in [3.05, 3.63) is 77.4 Å². The van der Waals surface area contributed by atoms with Crippen LogP contribution in [0.3, 0.4) is 0 Å². The Hall–Kier alpha value is -3.84. The molecule has 0 saturated heterocycles. The van der Waals surface area contributed by atoms with E-state index in [2.05, 4.69) is 0 Å². The van der Waals surface area contributed by atoms with Crippen LogP contribution in [0.4, 0.5) is 0 Å². The van der Waals surface area contributed by atoms with E-state index < -0.39 is 17.5 Å². The van der Waals surface area contributed by atoms with E-state index in [0.717, 1.165) is 5.56 Å². The van der Waals surface area contributed by atoms with E-state index in [0.29, 0.717) is 34.1 Å². The van der Waals surface area contributed by atoms with E-state index in [9.17, 15) is 19.8 Å². The van der Waals surface area contributed by atoms with E-state index >= 15 is 0 Å². The first kappa shape index (κ1) is 20.4. The Morgan fingerprint density at radius 1 is 1.03 bits per heavy atom. The Balaban J connectivity index is 2.20. The number of carbonyl (C=O) groups excluding carboxylic acids is 1. The predicted molar refractivity (Wildman–Crippen MR) is 117 cm³/mol. The minimum Gasteiger partial charge on any atom is -0.497 e. The van der Waals surface area contributed by atoms with Crippen LogP contribution in [0.15, 0.2) is 60.7 Å². The lowest BCUT2D eigenvalue weighted by atomic mass is 9.90. The monoisotopic (exact) mass is 418 g/mol. The van der Waals surface area contributed by atoms with Crippen molar-refractivity contribution in [3.63, 3.8) is 0 Å². The molecule has 4 N–H and O–H groups in total. The summed E-state index contributed by atoms with van der Waals surface area (Å²) in [5.41, 5.74) is 6.16. The molecule has 4 aromatic rings. The molecular formula is C24H22N2O5. The topological polar surface area (TPSA) is 115 Å². The Labute approximate surface area is 178 Å². The highest BCUT2D eigenvalue weighted by molar-refractivity contribution is 6.19. The minimum atomic E-state index is -2.22. The van der Waals surface area contributed by atoms with Gasteiger partial charge in [-0.25, -0.2) is 4.79 Å². The van der Waals surface area contributed by atoms with E-state index in [4.69, 9.17) is 10.5 Å². The Morgan fingerprint density at radius 2 is 1.74 bits per heavy atom. The van der Waals surface area contributed by atoms with Crippen molar-refractivity contribution >= 4 is 33.7 Å². The third kappa shape index (κ3) is 3.29. The van der Waals surface area contributed by atoms with Gasteiger partial charge in [-0.15, -0.1) is 0 Å². The summed E-state index contributed by atoms with van der Waals surface area (Å²) < 4.78 is 7.38. The SMILES string of the molecule is COc1cc(C(C)(O)C(=O)O)c2c3c(C(N)=O)cccc3n(Cc3ccccc3)c2c1. The number of primary amides is 1. The van der Waals surface area contributed by atoms with E-state index in [1.807, 2.05) is 41.0 Å². The molecule has 4 rings (SSSR count). The predicted octanol–water partition coefficient (Wildman–Crippen LogP) is 3.24. The fourth-order valence-electron chi connectivity index (χ4n) is 3.99. The van der Waals surface area contributed by atoms with Crippen LogP contribution in [0.1, 0.15) is 28.4 Å². The zero-order valence-corrected chi connectivity index (χ0v) is 17.1. The average Bonchev–Trinajstić information content (AvgIpc) is 3.07. The number of carbonyl (C=O) groups is 2. The third-order valence-corrected chi connectivity index (χ3v) is 5.59. The van der Waals surface area contributed by atoms with Gasteiger partial charge < -0.3 is 25.3 Å². The number of aliphatic hydroxyl groups is 1. The van der Waals surface area contributed by atoms with Crippen LogP contribution >= 0.6 is 0 Å². The fraction of sp³-hybridized carbons (Fsp3) is 0.167. The van der Waals surface area contributed by atoms with Crippen LogP contribution in [0.2, 0.25) is 0 Å². The first-order chi connectivity index (χ1) is 14.8. The van der Waals surface area contributed by atoms with Crippen LogP contribution < -0.4 is 10.5 Å². The number of rotatable bonds is 6. The van der Waals surface area contributed by atoms with Crippen molar-refractivity contribution in [2.45, 2.75) is 19.1 Å². The van der Waals surface area contributed by atoms with Gasteiger partial charge in [0.2, 0.25) is 5.91 Å². The molecule has 0 fully saturated rings. The van der Waals surface area contributed by atoms with Gasteiger partial charge in [0.1, 0.15) is 5.75 Å². The van der Waals surface area contributed by atoms with E-state index in [-0.39, 0.29) is 11.1 Å². The van der Waals surface area contributed by atoms with Crippen molar-refractivity contribution in [1.29, 1.82) is 0 Å². The smallest absolute Gasteiger partial charge is 0.340 e. The fourth-order valence-corrected chi connectivity index (χ4v) is 3.99. The van der Waals surface area contributed by atoms with Gasteiger partial charge in [0.15, 0.2) is 5.60 Å². The zero-order valence-electron chi connectivity index (χ0n) is 17.1. The van der Waals surface area contributed by atoms with Crippen LogP contribution in [0, 0.1) is 0 Å². The normalized spacial score (nSPS) is 13.3. The van der Waals surface area contributed by atoms with Crippen LogP contribution in [0.25, 0.3) is 21.8 Å². The maximum atomic E-state index is 12.3. The number of fused-ring (bicyclic) bond motifs is 3. The number of methoxy groups -OCH3 is 1. The molecule has 158 valence electrons. The number of aromatic nitrogens is 1. The molecule has 0 aliphatic rings. The number of carboxylic acids is 1. The molecule has 0 radical (unpaired) electrons. The quantitative estimate of drug-likeness (QED) is 0.445. The molecule has 1 amide bonds. The Kier molecular flexibility index (Phi) is 4.91.